The van der Waals surface area contributed by atoms with Crippen molar-refractivity contribution >= 4 is 39.3 Å². The molecule has 3 unspecified atom stereocenters. The molecule has 2 aliphatic heterocycles. The zero-order valence-corrected chi connectivity index (χ0v) is 27.1. The minimum atomic E-state index is -0.0537. The second-order valence-electron chi connectivity index (χ2n) is 13.0. The van der Waals surface area contributed by atoms with Gasteiger partial charge in [0.15, 0.2) is 0 Å². The molecule has 48 heavy (non-hydrogen) atoms. The van der Waals surface area contributed by atoms with Crippen molar-refractivity contribution in [2.24, 2.45) is 0 Å². The molecule has 0 spiro atoms. The lowest BCUT2D eigenvalue weighted by Gasteiger charge is -2.35. The molecule has 3 atom stereocenters. The van der Waals surface area contributed by atoms with E-state index in [1.807, 2.05) is 11.8 Å². The Kier molecular flexibility index (Phi) is 6.46. The Balaban J connectivity index is 1.15. The van der Waals surface area contributed by atoms with E-state index in [4.69, 9.17) is 0 Å². The van der Waals surface area contributed by atoms with Gasteiger partial charge >= 0.3 is 0 Å². The highest BCUT2D eigenvalue weighted by molar-refractivity contribution is 8.03. The fourth-order valence-corrected chi connectivity index (χ4v) is 9.32. The quantitative estimate of drug-likeness (QED) is 0.202. The third-order valence-electron chi connectivity index (χ3n) is 10.2. The van der Waals surface area contributed by atoms with Crippen LogP contribution in [0.2, 0.25) is 0 Å². The van der Waals surface area contributed by atoms with Crippen molar-refractivity contribution in [1.82, 2.24) is 9.88 Å². The maximum Gasteiger partial charge on any atom is 0.104 e. The summed E-state index contributed by atoms with van der Waals surface area (Å²) in [6.45, 7) is 0. The van der Waals surface area contributed by atoms with Crippen LogP contribution in [0, 0.1) is 0 Å². The molecule has 3 nitrogen and oxygen atoms in total. The number of allylic oxidation sites excluding steroid dienone is 4. The van der Waals surface area contributed by atoms with Crippen molar-refractivity contribution in [1.29, 1.82) is 0 Å². The number of aromatic nitrogens is 1. The number of benzene rings is 6. The fourth-order valence-electron chi connectivity index (χ4n) is 7.94. The van der Waals surface area contributed by atoms with Gasteiger partial charge in [0, 0.05) is 33.0 Å². The molecular formula is C44H33N3S. The van der Waals surface area contributed by atoms with Gasteiger partial charge in [-0.3, -0.25) is 5.32 Å². The lowest BCUT2D eigenvalue weighted by atomic mass is 9.92. The summed E-state index contributed by atoms with van der Waals surface area (Å²) in [5.41, 5.74) is 12.6. The highest BCUT2D eigenvalue weighted by Crippen LogP contribution is 2.55. The third kappa shape index (κ3) is 4.41. The van der Waals surface area contributed by atoms with Crippen molar-refractivity contribution < 1.29 is 0 Å². The minimum absolute atomic E-state index is 0.0537. The van der Waals surface area contributed by atoms with Crippen LogP contribution < -0.4 is 10.6 Å². The number of nitrogens with one attached hydrogen (secondary N) is 2. The van der Waals surface area contributed by atoms with Crippen LogP contribution in [0.3, 0.4) is 0 Å². The van der Waals surface area contributed by atoms with E-state index in [0.717, 1.165) is 6.42 Å². The maximum absolute atomic E-state index is 3.95. The summed E-state index contributed by atoms with van der Waals surface area (Å²) in [4.78, 5) is 2.85. The van der Waals surface area contributed by atoms with Crippen LogP contribution in [0.4, 0.5) is 5.69 Å². The minimum Gasteiger partial charge on any atom is -0.366 e. The van der Waals surface area contributed by atoms with Gasteiger partial charge in [0.2, 0.25) is 0 Å². The van der Waals surface area contributed by atoms with Crippen LogP contribution in [0.15, 0.2) is 168 Å². The highest BCUT2D eigenvalue weighted by atomic mass is 32.2. The average molecular weight is 636 g/mol. The number of anilines is 1. The molecule has 10 rings (SSSR count). The Morgan fingerprint density at radius 2 is 1.46 bits per heavy atom. The molecule has 230 valence electrons. The van der Waals surface area contributed by atoms with Gasteiger partial charge in [-0.2, -0.15) is 0 Å². The Bertz CT molecular complexity index is 2420. The maximum atomic E-state index is 3.95. The van der Waals surface area contributed by atoms with Crippen LogP contribution in [0.1, 0.15) is 46.8 Å². The predicted molar refractivity (Wildman–Crippen MR) is 201 cm³/mol. The number of thioether (sulfide) groups is 1. The normalized spacial score (nSPS) is 19.4. The van der Waals surface area contributed by atoms with Crippen molar-refractivity contribution in [2.45, 2.75) is 29.4 Å². The number of para-hydroxylation sites is 1. The van der Waals surface area contributed by atoms with Gasteiger partial charge < -0.3 is 9.88 Å². The first-order chi connectivity index (χ1) is 23.8. The lowest BCUT2D eigenvalue weighted by molar-refractivity contribution is 0.506. The van der Waals surface area contributed by atoms with Crippen molar-refractivity contribution in [3.8, 4) is 16.8 Å². The third-order valence-corrected chi connectivity index (χ3v) is 11.5. The van der Waals surface area contributed by atoms with Gasteiger partial charge in [0.05, 0.1) is 17.1 Å². The molecule has 7 aromatic rings. The summed E-state index contributed by atoms with van der Waals surface area (Å²) in [5.74, 6) is 0.447. The number of hydrogen-bond acceptors (Lipinski definition) is 3. The molecule has 1 aromatic heterocycles. The second-order valence-corrected chi connectivity index (χ2v) is 14.1. The van der Waals surface area contributed by atoms with E-state index in [2.05, 4.69) is 173 Å². The highest BCUT2D eigenvalue weighted by Gasteiger charge is 2.32. The Morgan fingerprint density at radius 3 is 2.35 bits per heavy atom. The summed E-state index contributed by atoms with van der Waals surface area (Å²) in [7, 11) is 0. The molecule has 4 heteroatoms. The molecule has 1 aliphatic carbocycles. The summed E-state index contributed by atoms with van der Waals surface area (Å²) >= 11 is 1.96. The number of nitrogens with zero attached hydrogens (tertiary/aromatic N) is 1. The van der Waals surface area contributed by atoms with Crippen LogP contribution in [0.25, 0.3) is 38.6 Å². The molecule has 0 amide bonds. The van der Waals surface area contributed by atoms with Crippen molar-refractivity contribution in [3.63, 3.8) is 0 Å². The van der Waals surface area contributed by atoms with Gasteiger partial charge in [-0.1, -0.05) is 139 Å². The van der Waals surface area contributed by atoms with E-state index in [-0.39, 0.29) is 12.2 Å². The standard InChI is InChI=1S/C44H33N3S/c1-3-12-28(13-4-1)30-22-25-39-37(27-30)34-23-24-35-33-18-8-10-21-40(33)48-43(35)42(34)47(39)32-17-11-16-31(26-32)44-45-38-20-9-7-19-36(38)41(46-44)29-14-5-2-6-15-29/h1-17,19-27,33,41,44-46H,18H2. The van der Waals surface area contributed by atoms with Gasteiger partial charge in [0.1, 0.15) is 6.17 Å². The monoisotopic (exact) mass is 635 g/mol. The Morgan fingerprint density at radius 1 is 0.646 bits per heavy atom. The van der Waals surface area contributed by atoms with Crippen LogP contribution in [-0.4, -0.2) is 4.57 Å². The fraction of sp³-hybridized carbons (Fsp3) is 0.0909. The van der Waals surface area contributed by atoms with Crippen LogP contribution >= 0.6 is 11.8 Å². The van der Waals surface area contributed by atoms with Crippen molar-refractivity contribution in [2.75, 3.05) is 5.32 Å². The van der Waals surface area contributed by atoms with E-state index < -0.39 is 0 Å². The summed E-state index contributed by atoms with van der Waals surface area (Å²) in [6.07, 6.45) is 7.85. The lowest BCUT2D eigenvalue weighted by Crippen LogP contribution is -2.37. The predicted octanol–water partition coefficient (Wildman–Crippen LogP) is 11.3. The van der Waals surface area contributed by atoms with E-state index in [1.165, 1.54) is 76.4 Å². The largest absolute Gasteiger partial charge is 0.366 e. The molecule has 0 saturated carbocycles. The smallest absolute Gasteiger partial charge is 0.104 e. The Labute approximate surface area is 284 Å². The molecule has 3 aliphatic rings. The molecule has 6 aromatic carbocycles. The number of hydrogen-bond donors (Lipinski definition) is 2. The van der Waals surface area contributed by atoms with Crippen molar-refractivity contribution in [3.05, 3.63) is 185 Å². The second kappa shape index (κ2) is 11.2. The molecule has 0 fully saturated rings. The Hall–Kier alpha value is -5.29. The zero-order valence-electron chi connectivity index (χ0n) is 26.3. The number of rotatable bonds is 4. The summed E-state index contributed by atoms with van der Waals surface area (Å²) in [6, 6.07) is 51.1. The van der Waals surface area contributed by atoms with Gasteiger partial charge in [-0.25, -0.2) is 0 Å². The van der Waals surface area contributed by atoms with Gasteiger partial charge in [0.25, 0.3) is 0 Å². The summed E-state index contributed by atoms with van der Waals surface area (Å²) < 4.78 is 2.52. The van der Waals surface area contributed by atoms with E-state index in [0.29, 0.717) is 5.92 Å². The molecule has 0 bridgehead atoms. The SMILES string of the molecule is C1=CCC2C(=C1)Sc1c2ccc2c3cc(-c4ccccc4)ccc3n(-c3cccc(C4Nc5ccccc5C(c5ccccc5)N4)c3)c12. The molecule has 3 heterocycles. The van der Waals surface area contributed by atoms with E-state index in [9.17, 15) is 0 Å². The first kappa shape index (κ1) is 27.8. The molecular weight excluding hydrogens is 603 g/mol. The van der Waals surface area contributed by atoms with Gasteiger partial charge in [-0.15, -0.1) is 0 Å². The van der Waals surface area contributed by atoms with Gasteiger partial charge in [-0.05, 0) is 75.0 Å². The van der Waals surface area contributed by atoms with Crippen LogP contribution in [-0.2, 0) is 0 Å². The number of fused-ring (bicyclic) bond motifs is 8. The van der Waals surface area contributed by atoms with E-state index in [1.54, 1.807) is 0 Å². The molecule has 0 saturated heterocycles. The van der Waals surface area contributed by atoms with Crippen LogP contribution in [0.5, 0.6) is 0 Å². The summed E-state index contributed by atoms with van der Waals surface area (Å²) in [5, 5.41) is 10.4. The molecule has 0 radical (unpaired) electrons. The zero-order chi connectivity index (χ0) is 31.6. The average Bonchev–Trinajstić information content (AvgIpc) is 3.71. The topological polar surface area (TPSA) is 29.0 Å². The first-order valence-electron chi connectivity index (χ1n) is 16.8. The van der Waals surface area contributed by atoms with E-state index >= 15 is 0 Å². The first-order valence-corrected chi connectivity index (χ1v) is 17.6. The molecule has 2 N–H and O–H groups in total.